The first-order valence-corrected chi connectivity index (χ1v) is 6.07. The first-order valence-electron chi connectivity index (χ1n) is 4.99. The molecular weight excluding hydrogens is 329 g/mol. The van der Waals surface area contributed by atoms with Crippen molar-refractivity contribution in [2.45, 2.75) is 19.0 Å². The van der Waals surface area contributed by atoms with Crippen molar-refractivity contribution >= 4 is 22.6 Å². The maximum absolute atomic E-state index is 12.8. The fourth-order valence-corrected chi connectivity index (χ4v) is 2.24. The van der Waals surface area contributed by atoms with Gasteiger partial charge in [-0.2, -0.15) is 0 Å². The van der Waals surface area contributed by atoms with Crippen molar-refractivity contribution in [2.24, 2.45) is 0 Å². The molecule has 0 spiro atoms. The minimum absolute atomic E-state index is 0.0428. The molecule has 1 atom stereocenters. The Morgan fingerprint density at radius 2 is 2.25 bits per heavy atom. The lowest BCUT2D eigenvalue weighted by molar-refractivity contribution is 0.123. The van der Waals surface area contributed by atoms with E-state index in [-0.39, 0.29) is 11.7 Å². The Balaban J connectivity index is 2.23. The molecule has 88 valence electrons. The van der Waals surface area contributed by atoms with Gasteiger partial charge in [-0.1, -0.05) is 6.07 Å². The lowest BCUT2D eigenvalue weighted by atomic mass is 10.2. The third-order valence-corrected chi connectivity index (χ3v) is 3.25. The van der Waals surface area contributed by atoms with Crippen molar-refractivity contribution < 1.29 is 18.3 Å². The number of rotatable bonds is 3. The highest BCUT2D eigenvalue weighted by molar-refractivity contribution is 14.1. The molecule has 0 aliphatic carbocycles. The second-order valence-electron chi connectivity index (χ2n) is 3.56. The third-order valence-electron chi connectivity index (χ3n) is 2.40. The highest BCUT2D eigenvalue weighted by atomic mass is 127. The maximum atomic E-state index is 12.8. The van der Waals surface area contributed by atoms with E-state index in [2.05, 4.69) is 0 Å². The van der Waals surface area contributed by atoms with Crippen LogP contribution in [0.25, 0.3) is 0 Å². The molecule has 5 heteroatoms. The smallest absolute Gasteiger partial charge is 0.267 e. The van der Waals surface area contributed by atoms with Crippen LogP contribution in [0, 0.1) is 3.57 Å². The highest BCUT2D eigenvalue weighted by Crippen LogP contribution is 2.34. The zero-order valence-corrected chi connectivity index (χ0v) is 10.6. The van der Waals surface area contributed by atoms with Gasteiger partial charge in [0.1, 0.15) is 11.9 Å². The Hall–Kier alpha value is -0.430. The quantitative estimate of drug-likeness (QED) is 0.786. The molecule has 0 amide bonds. The molecule has 1 aliphatic rings. The largest absolute Gasteiger partial charge is 0.486 e. The van der Waals surface area contributed by atoms with Crippen LogP contribution in [0.2, 0.25) is 0 Å². The van der Waals surface area contributed by atoms with E-state index in [1.807, 2.05) is 22.6 Å². The number of halogens is 3. The van der Waals surface area contributed by atoms with Crippen molar-refractivity contribution in [1.82, 2.24) is 0 Å². The number of ether oxygens (including phenoxy) is 2. The molecule has 16 heavy (non-hydrogen) atoms. The molecule has 1 aromatic rings. The fraction of sp³-hybridized carbons (Fsp3) is 0.455. The SMILES string of the molecule is FC(F)c1cccc(I)c1OC1CCOC1. The van der Waals surface area contributed by atoms with Gasteiger partial charge in [-0.3, -0.25) is 0 Å². The van der Waals surface area contributed by atoms with E-state index in [1.54, 1.807) is 12.1 Å². The monoisotopic (exact) mass is 340 g/mol. The minimum atomic E-state index is -2.51. The third kappa shape index (κ3) is 2.63. The van der Waals surface area contributed by atoms with E-state index in [9.17, 15) is 8.78 Å². The van der Waals surface area contributed by atoms with Crippen molar-refractivity contribution in [1.29, 1.82) is 0 Å². The van der Waals surface area contributed by atoms with Gasteiger partial charge in [0, 0.05) is 6.42 Å². The van der Waals surface area contributed by atoms with Gasteiger partial charge in [0.15, 0.2) is 0 Å². The lowest BCUT2D eigenvalue weighted by Gasteiger charge is -2.16. The molecule has 1 fully saturated rings. The Morgan fingerprint density at radius 3 is 2.88 bits per heavy atom. The lowest BCUT2D eigenvalue weighted by Crippen LogP contribution is -2.17. The highest BCUT2D eigenvalue weighted by Gasteiger charge is 2.22. The van der Waals surface area contributed by atoms with E-state index in [0.717, 1.165) is 6.42 Å². The normalized spacial score (nSPS) is 20.4. The average molecular weight is 340 g/mol. The second-order valence-corrected chi connectivity index (χ2v) is 4.72. The minimum Gasteiger partial charge on any atom is -0.486 e. The summed E-state index contributed by atoms with van der Waals surface area (Å²) in [5.74, 6) is 0.300. The summed E-state index contributed by atoms with van der Waals surface area (Å²) in [4.78, 5) is 0. The van der Waals surface area contributed by atoms with Gasteiger partial charge >= 0.3 is 0 Å². The van der Waals surface area contributed by atoms with Gasteiger partial charge in [0.2, 0.25) is 0 Å². The Bertz CT molecular complexity index is 365. The van der Waals surface area contributed by atoms with Crippen LogP contribution in [-0.2, 0) is 4.74 Å². The molecule has 2 rings (SSSR count). The van der Waals surface area contributed by atoms with Gasteiger partial charge in [-0.05, 0) is 34.7 Å². The van der Waals surface area contributed by atoms with Crippen molar-refractivity contribution in [3.8, 4) is 5.75 Å². The summed E-state index contributed by atoms with van der Waals surface area (Å²) in [5, 5.41) is 0. The molecule has 0 saturated carbocycles. The molecule has 0 N–H and O–H groups in total. The molecule has 1 aliphatic heterocycles. The molecule has 0 aromatic heterocycles. The summed E-state index contributed by atoms with van der Waals surface area (Å²) < 4.78 is 37.0. The van der Waals surface area contributed by atoms with Crippen molar-refractivity contribution in [3.05, 3.63) is 27.3 Å². The molecule has 1 heterocycles. The zero-order valence-electron chi connectivity index (χ0n) is 8.46. The maximum Gasteiger partial charge on any atom is 0.267 e. The van der Waals surface area contributed by atoms with Gasteiger partial charge in [0.05, 0.1) is 22.3 Å². The predicted octanol–water partition coefficient (Wildman–Crippen LogP) is 3.40. The summed E-state index contributed by atoms with van der Waals surface area (Å²) in [6.07, 6.45) is -1.85. The summed E-state index contributed by atoms with van der Waals surface area (Å²) in [6.45, 7) is 1.12. The number of hydrogen-bond donors (Lipinski definition) is 0. The number of hydrogen-bond acceptors (Lipinski definition) is 2. The van der Waals surface area contributed by atoms with Crippen molar-refractivity contribution in [3.63, 3.8) is 0 Å². The van der Waals surface area contributed by atoms with E-state index in [0.29, 0.717) is 22.5 Å². The molecule has 1 saturated heterocycles. The molecular formula is C11H11F2IO2. The van der Waals surface area contributed by atoms with Crippen LogP contribution in [0.5, 0.6) is 5.75 Å². The Morgan fingerprint density at radius 1 is 1.44 bits per heavy atom. The number of para-hydroxylation sites is 1. The molecule has 0 bridgehead atoms. The topological polar surface area (TPSA) is 18.5 Å². The van der Waals surface area contributed by atoms with Gasteiger partial charge in [-0.15, -0.1) is 0 Å². The Labute approximate surface area is 106 Å². The summed E-state index contributed by atoms with van der Waals surface area (Å²) in [5.41, 5.74) is -0.0428. The van der Waals surface area contributed by atoms with Gasteiger partial charge < -0.3 is 9.47 Å². The molecule has 2 nitrogen and oxygen atoms in total. The average Bonchev–Trinajstić information content (AvgIpc) is 2.73. The zero-order chi connectivity index (χ0) is 11.5. The fourth-order valence-electron chi connectivity index (χ4n) is 1.59. The Kier molecular flexibility index (Phi) is 3.96. The van der Waals surface area contributed by atoms with E-state index < -0.39 is 6.43 Å². The van der Waals surface area contributed by atoms with Crippen LogP contribution in [0.4, 0.5) is 8.78 Å². The van der Waals surface area contributed by atoms with Crippen LogP contribution in [-0.4, -0.2) is 19.3 Å². The molecule has 0 radical (unpaired) electrons. The van der Waals surface area contributed by atoms with E-state index >= 15 is 0 Å². The summed E-state index contributed by atoms with van der Waals surface area (Å²) in [6, 6.07) is 4.77. The number of benzene rings is 1. The van der Waals surface area contributed by atoms with Gasteiger partial charge in [0.25, 0.3) is 6.43 Å². The van der Waals surface area contributed by atoms with Crippen LogP contribution in [0.1, 0.15) is 18.4 Å². The summed E-state index contributed by atoms with van der Waals surface area (Å²) >= 11 is 2.01. The van der Waals surface area contributed by atoms with Crippen LogP contribution < -0.4 is 4.74 Å². The first-order chi connectivity index (χ1) is 7.68. The first kappa shape index (κ1) is 12.0. The van der Waals surface area contributed by atoms with E-state index in [1.165, 1.54) is 6.07 Å². The van der Waals surface area contributed by atoms with Gasteiger partial charge in [-0.25, -0.2) is 8.78 Å². The number of alkyl halides is 2. The predicted molar refractivity (Wildman–Crippen MR) is 64.0 cm³/mol. The summed E-state index contributed by atoms with van der Waals surface area (Å²) in [7, 11) is 0. The van der Waals surface area contributed by atoms with Crippen LogP contribution >= 0.6 is 22.6 Å². The van der Waals surface area contributed by atoms with E-state index in [4.69, 9.17) is 9.47 Å². The second kappa shape index (κ2) is 5.27. The molecule has 1 unspecified atom stereocenters. The standard InChI is InChI=1S/C11H11F2IO2/c12-11(13)8-2-1-3-9(14)10(8)16-7-4-5-15-6-7/h1-3,7,11H,4-6H2. The van der Waals surface area contributed by atoms with Crippen molar-refractivity contribution in [2.75, 3.05) is 13.2 Å². The van der Waals surface area contributed by atoms with Crippen LogP contribution in [0.3, 0.4) is 0 Å². The van der Waals surface area contributed by atoms with Crippen LogP contribution in [0.15, 0.2) is 18.2 Å². The molecule has 1 aromatic carbocycles.